The Kier molecular flexibility index (Phi) is 5.73. The first-order valence-electron chi connectivity index (χ1n) is 8.39. The Balaban J connectivity index is 1.72. The fourth-order valence-corrected chi connectivity index (χ4v) is 2.44. The summed E-state index contributed by atoms with van der Waals surface area (Å²) in [6.45, 7) is 1.66. The van der Waals surface area contributed by atoms with E-state index in [0.717, 1.165) is 11.1 Å². The zero-order valence-electron chi connectivity index (χ0n) is 14.8. The molecule has 0 aliphatic rings. The highest BCUT2D eigenvalue weighted by atomic mass is 16.2. The van der Waals surface area contributed by atoms with Crippen LogP contribution in [0.4, 0.5) is 0 Å². The Morgan fingerprint density at radius 1 is 1.11 bits per heavy atom. The second kappa shape index (κ2) is 8.57. The van der Waals surface area contributed by atoms with Gasteiger partial charge in [-0.1, -0.05) is 30.3 Å². The van der Waals surface area contributed by atoms with Crippen LogP contribution in [0.2, 0.25) is 0 Å². The van der Waals surface area contributed by atoms with E-state index < -0.39 is 0 Å². The first-order chi connectivity index (χ1) is 13.1. The molecule has 2 aromatic heterocycles. The number of nitrogens with one attached hydrogen (secondary N) is 2. The molecule has 0 atom stereocenters. The quantitative estimate of drug-likeness (QED) is 0.658. The standard InChI is InChI=1S/C20H19N5O2/c1-15(26)24-18(12-16-6-3-2-4-7-16)20(27)22-14-17-8-10-21-19(13-17)25-11-5-9-23-25/h2-13H,14H2,1H3,(H,22,27)(H,24,26)/b18-12-. The van der Waals surface area contributed by atoms with Gasteiger partial charge < -0.3 is 10.6 Å². The van der Waals surface area contributed by atoms with Crippen LogP contribution >= 0.6 is 0 Å². The highest BCUT2D eigenvalue weighted by Crippen LogP contribution is 2.08. The molecule has 0 saturated carbocycles. The molecule has 7 nitrogen and oxygen atoms in total. The minimum Gasteiger partial charge on any atom is -0.347 e. The van der Waals surface area contributed by atoms with Gasteiger partial charge in [-0.2, -0.15) is 5.10 Å². The van der Waals surface area contributed by atoms with Crippen LogP contribution in [0.3, 0.4) is 0 Å². The van der Waals surface area contributed by atoms with E-state index >= 15 is 0 Å². The van der Waals surface area contributed by atoms with Crippen molar-refractivity contribution in [3.63, 3.8) is 0 Å². The lowest BCUT2D eigenvalue weighted by Gasteiger charge is -2.10. The first-order valence-corrected chi connectivity index (χ1v) is 8.39. The number of hydrogen-bond donors (Lipinski definition) is 2. The van der Waals surface area contributed by atoms with Crippen molar-refractivity contribution in [2.75, 3.05) is 0 Å². The third-order valence-electron chi connectivity index (χ3n) is 3.67. The Labute approximate surface area is 156 Å². The maximum absolute atomic E-state index is 12.5. The van der Waals surface area contributed by atoms with Gasteiger partial charge in [0.15, 0.2) is 5.82 Å². The molecule has 0 aliphatic carbocycles. The van der Waals surface area contributed by atoms with E-state index in [4.69, 9.17) is 0 Å². The minimum absolute atomic E-state index is 0.190. The molecule has 0 bridgehead atoms. The largest absolute Gasteiger partial charge is 0.347 e. The van der Waals surface area contributed by atoms with Crippen molar-refractivity contribution in [1.29, 1.82) is 0 Å². The van der Waals surface area contributed by atoms with Crippen molar-refractivity contribution < 1.29 is 9.59 Å². The SMILES string of the molecule is CC(=O)N/C(=C\c1ccccc1)C(=O)NCc1ccnc(-n2cccn2)c1. The van der Waals surface area contributed by atoms with Crippen LogP contribution < -0.4 is 10.6 Å². The lowest BCUT2D eigenvalue weighted by Crippen LogP contribution is -2.33. The molecule has 0 radical (unpaired) electrons. The number of benzene rings is 1. The minimum atomic E-state index is -0.369. The van der Waals surface area contributed by atoms with E-state index in [1.54, 1.807) is 29.3 Å². The zero-order chi connectivity index (χ0) is 19.1. The van der Waals surface area contributed by atoms with Gasteiger partial charge in [0, 0.05) is 32.1 Å². The van der Waals surface area contributed by atoms with Gasteiger partial charge in [0.05, 0.1) is 0 Å². The molecule has 27 heavy (non-hydrogen) atoms. The Hall–Kier alpha value is -3.74. The van der Waals surface area contributed by atoms with Crippen LogP contribution in [-0.4, -0.2) is 26.6 Å². The lowest BCUT2D eigenvalue weighted by atomic mass is 10.2. The summed E-state index contributed by atoms with van der Waals surface area (Å²) in [5.41, 5.74) is 1.88. The summed E-state index contributed by atoms with van der Waals surface area (Å²) >= 11 is 0. The van der Waals surface area contributed by atoms with Gasteiger partial charge >= 0.3 is 0 Å². The average Bonchev–Trinajstić information content (AvgIpc) is 3.21. The Morgan fingerprint density at radius 3 is 2.63 bits per heavy atom. The maximum Gasteiger partial charge on any atom is 0.268 e. The van der Waals surface area contributed by atoms with Crippen LogP contribution in [0.5, 0.6) is 0 Å². The zero-order valence-corrected chi connectivity index (χ0v) is 14.8. The summed E-state index contributed by atoms with van der Waals surface area (Å²) in [5, 5.41) is 9.54. The van der Waals surface area contributed by atoms with Gasteiger partial charge in [0.1, 0.15) is 5.70 Å². The summed E-state index contributed by atoms with van der Waals surface area (Å²) in [6.07, 6.45) is 6.76. The topological polar surface area (TPSA) is 88.9 Å². The van der Waals surface area contributed by atoms with Crippen molar-refractivity contribution >= 4 is 17.9 Å². The molecule has 1 aromatic carbocycles. The fourth-order valence-electron chi connectivity index (χ4n) is 2.44. The fraction of sp³-hybridized carbons (Fsp3) is 0.100. The summed E-state index contributed by atoms with van der Waals surface area (Å²) in [4.78, 5) is 28.3. The molecule has 7 heteroatoms. The predicted octanol–water partition coefficient (Wildman–Crippen LogP) is 2.06. The number of carbonyl (C=O) groups is 2. The number of nitrogens with zero attached hydrogens (tertiary/aromatic N) is 3. The average molecular weight is 361 g/mol. The van der Waals surface area contributed by atoms with Gasteiger partial charge in [0.2, 0.25) is 5.91 Å². The van der Waals surface area contributed by atoms with Crippen LogP contribution in [0, 0.1) is 0 Å². The van der Waals surface area contributed by atoms with E-state index in [1.165, 1.54) is 6.92 Å². The highest BCUT2D eigenvalue weighted by Gasteiger charge is 2.11. The predicted molar refractivity (Wildman–Crippen MR) is 101 cm³/mol. The van der Waals surface area contributed by atoms with Crippen molar-refractivity contribution in [3.05, 3.63) is 83.9 Å². The van der Waals surface area contributed by atoms with E-state index in [9.17, 15) is 9.59 Å². The van der Waals surface area contributed by atoms with Crippen molar-refractivity contribution in [2.24, 2.45) is 0 Å². The number of amides is 2. The summed E-state index contributed by atoms with van der Waals surface area (Å²) in [7, 11) is 0. The summed E-state index contributed by atoms with van der Waals surface area (Å²) in [5.74, 6) is -0.0163. The molecule has 0 saturated heterocycles. The van der Waals surface area contributed by atoms with Gasteiger partial charge in [-0.25, -0.2) is 9.67 Å². The van der Waals surface area contributed by atoms with E-state index in [2.05, 4.69) is 20.7 Å². The number of hydrogen-bond acceptors (Lipinski definition) is 4. The van der Waals surface area contributed by atoms with Gasteiger partial charge in [0.25, 0.3) is 5.91 Å². The van der Waals surface area contributed by atoms with Gasteiger partial charge in [-0.3, -0.25) is 9.59 Å². The number of carbonyl (C=O) groups excluding carboxylic acids is 2. The molecule has 0 fully saturated rings. The number of aromatic nitrogens is 3. The number of pyridine rings is 1. The molecule has 2 N–H and O–H groups in total. The molecular formula is C20H19N5O2. The van der Waals surface area contributed by atoms with E-state index in [-0.39, 0.29) is 17.5 Å². The van der Waals surface area contributed by atoms with E-state index in [1.807, 2.05) is 48.5 Å². The Bertz CT molecular complexity index is 950. The van der Waals surface area contributed by atoms with Gasteiger partial charge in [-0.05, 0) is 35.4 Å². The molecule has 136 valence electrons. The van der Waals surface area contributed by atoms with E-state index in [0.29, 0.717) is 12.4 Å². The summed E-state index contributed by atoms with van der Waals surface area (Å²) < 4.78 is 1.64. The smallest absolute Gasteiger partial charge is 0.268 e. The van der Waals surface area contributed by atoms with Crippen LogP contribution in [0.25, 0.3) is 11.9 Å². The lowest BCUT2D eigenvalue weighted by molar-refractivity contribution is -0.122. The van der Waals surface area contributed by atoms with Gasteiger partial charge in [-0.15, -0.1) is 0 Å². The van der Waals surface area contributed by atoms with Crippen molar-refractivity contribution in [3.8, 4) is 5.82 Å². The second-order valence-corrected chi connectivity index (χ2v) is 5.81. The van der Waals surface area contributed by atoms with Crippen molar-refractivity contribution in [2.45, 2.75) is 13.5 Å². The molecule has 2 amide bonds. The summed E-state index contributed by atoms with van der Waals surface area (Å²) in [6, 6.07) is 14.8. The van der Waals surface area contributed by atoms with Crippen molar-refractivity contribution in [1.82, 2.24) is 25.4 Å². The maximum atomic E-state index is 12.5. The third-order valence-corrected chi connectivity index (χ3v) is 3.67. The van der Waals surface area contributed by atoms with Crippen LogP contribution in [-0.2, 0) is 16.1 Å². The molecule has 0 unspecified atom stereocenters. The number of rotatable bonds is 6. The van der Waals surface area contributed by atoms with Crippen LogP contribution in [0.1, 0.15) is 18.1 Å². The molecule has 3 aromatic rings. The molecular weight excluding hydrogens is 342 g/mol. The first kappa shape index (κ1) is 18.1. The third kappa shape index (κ3) is 5.12. The monoisotopic (exact) mass is 361 g/mol. The molecule has 0 aliphatic heterocycles. The highest BCUT2D eigenvalue weighted by molar-refractivity contribution is 6.00. The normalized spacial score (nSPS) is 11.1. The second-order valence-electron chi connectivity index (χ2n) is 5.81. The Morgan fingerprint density at radius 2 is 1.93 bits per heavy atom. The molecule has 0 spiro atoms. The van der Waals surface area contributed by atoms with Crippen LogP contribution in [0.15, 0.2) is 72.8 Å². The molecule has 3 rings (SSSR count). The molecule has 2 heterocycles.